The average molecular weight is 461 g/mol. The molecule has 2 aromatic carbocycles. The van der Waals surface area contributed by atoms with Crippen LogP contribution in [0.25, 0.3) is 0 Å². The van der Waals surface area contributed by atoms with Crippen LogP contribution in [0.2, 0.25) is 0 Å². The third-order valence-corrected chi connectivity index (χ3v) is 6.48. The lowest BCUT2D eigenvalue weighted by Crippen LogP contribution is -2.43. The maximum Gasteiger partial charge on any atom is 0.331 e. The van der Waals surface area contributed by atoms with E-state index in [1.807, 2.05) is 42.5 Å². The molecular weight excluding hydrogens is 428 g/mol. The Hall–Kier alpha value is -3.45. The first kappa shape index (κ1) is 23.7. The summed E-state index contributed by atoms with van der Waals surface area (Å²) in [6, 6.07) is 19.7. The topological polar surface area (TPSA) is 76.3 Å². The molecule has 0 spiro atoms. The molecule has 1 saturated heterocycles. The van der Waals surface area contributed by atoms with E-state index in [2.05, 4.69) is 29.3 Å². The quantitative estimate of drug-likeness (QED) is 0.561. The van der Waals surface area contributed by atoms with E-state index in [1.54, 1.807) is 0 Å². The molecule has 0 saturated carbocycles. The van der Waals surface area contributed by atoms with Gasteiger partial charge in [0.15, 0.2) is 0 Å². The SMILES string of the molecule is CC1CCCCN1Cc1ccc(CNC(=O)Cn2c(=O)ccn(Cc3ccccc3)c2=O)cc1. The van der Waals surface area contributed by atoms with Crippen molar-refractivity contribution in [2.45, 2.75) is 58.4 Å². The first-order chi connectivity index (χ1) is 16.5. The minimum absolute atomic E-state index is 0.307. The average Bonchev–Trinajstić information content (AvgIpc) is 2.85. The van der Waals surface area contributed by atoms with E-state index in [0.29, 0.717) is 19.1 Å². The normalized spacial score (nSPS) is 16.3. The van der Waals surface area contributed by atoms with E-state index >= 15 is 0 Å². The van der Waals surface area contributed by atoms with Crippen LogP contribution >= 0.6 is 0 Å². The highest BCUT2D eigenvalue weighted by molar-refractivity contribution is 5.75. The number of carbonyl (C=O) groups excluding carboxylic acids is 1. The summed E-state index contributed by atoms with van der Waals surface area (Å²) in [6.45, 7) is 4.75. The summed E-state index contributed by atoms with van der Waals surface area (Å²) in [5, 5.41) is 2.82. The molecule has 178 valence electrons. The zero-order valence-corrected chi connectivity index (χ0v) is 19.7. The van der Waals surface area contributed by atoms with E-state index in [1.165, 1.54) is 41.7 Å². The summed E-state index contributed by atoms with van der Waals surface area (Å²) in [5.74, 6) is -0.372. The highest BCUT2D eigenvalue weighted by Gasteiger charge is 2.18. The Morgan fingerprint density at radius 3 is 2.35 bits per heavy atom. The monoisotopic (exact) mass is 460 g/mol. The van der Waals surface area contributed by atoms with Crippen molar-refractivity contribution in [3.63, 3.8) is 0 Å². The number of nitrogens with zero attached hydrogens (tertiary/aromatic N) is 3. The third-order valence-electron chi connectivity index (χ3n) is 6.48. The maximum atomic E-state index is 12.8. The second-order valence-corrected chi connectivity index (χ2v) is 9.04. The molecule has 1 aliphatic rings. The molecular formula is C27H32N4O3. The van der Waals surface area contributed by atoms with Crippen molar-refractivity contribution in [2.24, 2.45) is 0 Å². The Morgan fingerprint density at radius 2 is 1.62 bits per heavy atom. The molecule has 1 aromatic heterocycles. The molecule has 3 aromatic rings. The molecule has 1 unspecified atom stereocenters. The summed E-state index contributed by atoms with van der Waals surface area (Å²) in [7, 11) is 0. The van der Waals surface area contributed by atoms with Gasteiger partial charge >= 0.3 is 5.69 Å². The van der Waals surface area contributed by atoms with Crippen LogP contribution in [0.3, 0.4) is 0 Å². The van der Waals surface area contributed by atoms with Gasteiger partial charge in [-0.05, 0) is 43.0 Å². The molecule has 1 atom stereocenters. The number of amides is 1. The Bertz CT molecular complexity index is 1220. The fourth-order valence-electron chi connectivity index (χ4n) is 4.39. The van der Waals surface area contributed by atoms with Crippen LogP contribution < -0.4 is 16.6 Å². The van der Waals surface area contributed by atoms with Crippen molar-refractivity contribution >= 4 is 5.91 Å². The predicted octanol–water partition coefficient (Wildman–Crippen LogP) is 2.75. The van der Waals surface area contributed by atoms with Gasteiger partial charge in [0.1, 0.15) is 6.54 Å². The lowest BCUT2D eigenvalue weighted by molar-refractivity contribution is -0.121. The largest absolute Gasteiger partial charge is 0.350 e. The van der Waals surface area contributed by atoms with Crippen LogP contribution in [0.4, 0.5) is 0 Å². The molecule has 1 N–H and O–H groups in total. The molecule has 2 heterocycles. The van der Waals surface area contributed by atoms with Gasteiger partial charge in [0.05, 0.1) is 6.54 Å². The smallest absolute Gasteiger partial charge is 0.331 e. The van der Waals surface area contributed by atoms with E-state index in [-0.39, 0.29) is 12.5 Å². The van der Waals surface area contributed by atoms with E-state index in [0.717, 1.165) is 28.8 Å². The number of hydrogen-bond acceptors (Lipinski definition) is 4. The minimum atomic E-state index is -0.497. The van der Waals surface area contributed by atoms with Crippen molar-refractivity contribution in [3.05, 3.63) is 104 Å². The second kappa shape index (κ2) is 11.1. The molecule has 0 aliphatic carbocycles. The van der Waals surface area contributed by atoms with Crippen molar-refractivity contribution < 1.29 is 4.79 Å². The van der Waals surface area contributed by atoms with E-state index in [9.17, 15) is 14.4 Å². The van der Waals surface area contributed by atoms with Gasteiger partial charge < -0.3 is 5.32 Å². The van der Waals surface area contributed by atoms with Crippen molar-refractivity contribution in [3.8, 4) is 0 Å². The summed E-state index contributed by atoms with van der Waals surface area (Å²) in [6.07, 6.45) is 5.30. The van der Waals surface area contributed by atoms with Crippen molar-refractivity contribution in [2.75, 3.05) is 6.54 Å². The van der Waals surface area contributed by atoms with Crippen LogP contribution in [0, 0.1) is 0 Å². The minimum Gasteiger partial charge on any atom is -0.350 e. The molecule has 0 radical (unpaired) electrons. The Labute approximate surface area is 199 Å². The van der Waals surface area contributed by atoms with Gasteiger partial charge in [0.25, 0.3) is 5.56 Å². The fourth-order valence-corrected chi connectivity index (χ4v) is 4.39. The lowest BCUT2D eigenvalue weighted by Gasteiger charge is -2.33. The third kappa shape index (κ3) is 6.11. The standard InChI is InChI=1S/C27H32N4O3/c1-21-7-5-6-15-29(21)18-24-12-10-22(11-13-24)17-28-25(32)20-31-26(33)14-16-30(27(31)34)19-23-8-3-2-4-9-23/h2-4,8-14,16,21H,5-7,15,17-20H2,1H3,(H,28,32). The predicted molar refractivity (Wildman–Crippen MR) is 133 cm³/mol. The lowest BCUT2D eigenvalue weighted by atomic mass is 10.0. The summed E-state index contributed by atoms with van der Waals surface area (Å²) < 4.78 is 2.41. The number of aromatic nitrogens is 2. The maximum absolute atomic E-state index is 12.8. The number of benzene rings is 2. The van der Waals surface area contributed by atoms with Crippen molar-refractivity contribution in [1.29, 1.82) is 0 Å². The molecule has 1 amide bonds. The number of likely N-dealkylation sites (tertiary alicyclic amines) is 1. The number of piperidine rings is 1. The molecule has 0 bridgehead atoms. The van der Waals surface area contributed by atoms with E-state index < -0.39 is 11.2 Å². The molecule has 1 aliphatic heterocycles. The molecule has 7 heteroatoms. The summed E-state index contributed by atoms with van der Waals surface area (Å²) in [4.78, 5) is 40.0. The van der Waals surface area contributed by atoms with Crippen LogP contribution in [0.5, 0.6) is 0 Å². The fraction of sp³-hybridized carbons (Fsp3) is 0.370. The summed E-state index contributed by atoms with van der Waals surface area (Å²) in [5.41, 5.74) is 2.20. The van der Waals surface area contributed by atoms with Crippen LogP contribution in [-0.2, 0) is 31.0 Å². The number of nitrogens with one attached hydrogen (secondary N) is 1. The van der Waals surface area contributed by atoms with E-state index in [4.69, 9.17) is 0 Å². The molecule has 34 heavy (non-hydrogen) atoms. The number of rotatable bonds is 8. The zero-order valence-electron chi connectivity index (χ0n) is 19.7. The van der Waals surface area contributed by atoms with Gasteiger partial charge in [-0.2, -0.15) is 0 Å². The van der Waals surface area contributed by atoms with Gasteiger partial charge in [-0.1, -0.05) is 61.0 Å². The van der Waals surface area contributed by atoms with Crippen molar-refractivity contribution in [1.82, 2.24) is 19.4 Å². The first-order valence-electron chi connectivity index (χ1n) is 11.9. The van der Waals surface area contributed by atoms with Crippen LogP contribution in [-0.4, -0.2) is 32.5 Å². The highest BCUT2D eigenvalue weighted by atomic mass is 16.2. The van der Waals surface area contributed by atoms with Gasteiger partial charge in [-0.25, -0.2) is 4.79 Å². The van der Waals surface area contributed by atoms with Gasteiger partial charge in [-0.15, -0.1) is 0 Å². The highest BCUT2D eigenvalue weighted by Crippen LogP contribution is 2.19. The van der Waals surface area contributed by atoms with Gasteiger partial charge in [0, 0.05) is 31.4 Å². The zero-order chi connectivity index (χ0) is 23.9. The molecule has 4 rings (SSSR count). The Balaban J connectivity index is 1.33. The van der Waals surface area contributed by atoms with Gasteiger partial charge in [-0.3, -0.25) is 23.6 Å². The van der Waals surface area contributed by atoms with Gasteiger partial charge in [0.2, 0.25) is 5.91 Å². The van der Waals surface area contributed by atoms with Crippen LogP contribution in [0.1, 0.15) is 42.9 Å². The number of carbonyl (C=O) groups is 1. The second-order valence-electron chi connectivity index (χ2n) is 9.04. The molecule has 1 fully saturated rings. The Kier molecular flexibility index (Phi) is 7.75. The first-order valence-corrected chi connectivity index (χ1v) is 11.9. The Morgan fingerprint density at radius 1 is 0.912 bits per heavy atom. The molecule has 7 nitrogen and oxygen atoms in total. The van der Waals surface area contributed by atoms with Crippen LogP contribution in [0.15, 0.2) is 76.4 Å². The number of hydrogen-bond donors (Lipinski definition) is 1. The summed E-state index contributed by atoms with van der Waals surface area (Å²) >= 11 is 0.